The molecule has 0 aliphatic rings. The van der Waals surface area contributed by atoms with Crippen molar-refractivity contribution in [3.05, 3.63) is 23.3 Å². The Balaban J connectivity index is 2.53. The standard InChI is InChI=1S/C29H48N2O9/c1-28(2,3)39-26(34)30-14-10-8-12-16-37-23-19-24(22(25(32)33)18-21(23)20-36-7)38-17-13-9-11-15-31-27(35)40-29(4,5)6/h18-19H,8-17,20H2,1-7H3,(H,30,34)(H,31,35)(H,32,33). The van der Waals surface area contributed by atoms with Crippen molar-refractivity contribution >= 4 is 18.2 Å². The second kappa shape index (κ2) is 17.5. The number of carboxylic acids is 1. The molecule has 3 N–H and O–H groups in total. The summed E-state index contributed by atoms with van der Waals surface area (Å²) < 4.78 is 27.4. The molecule has 0 fully saturated rings. The predicted molar refractivity (Wildman–Crippen MR) is 151 cm³/mol. The van der Waals surface area contributed by atoms with Gasteiger partial charge in [0.05, 0.1) is 19.8 Å². The summed E-state index contributed by atoms with van der Waals surface area (Å²) in [6, 6.07) is 3.12. The Morgan fingerprint density at radius 3 is 1.62 bits per heavy atom. The summed E-state index contributed by atoms with van der Waals surface area (Å²) in [7, 11) is 1.53. The largest absolute Gasteiger partial charge is 0.493 e. The van der Waals surface area contributed by atoms with Gasteiger partial charge in [-0.05, 0) is 86.1 Å². The lowest BCUT2D eigenvalue weighted by Gasteiger charge is -2.19. The molecular formula is C29H48N2O9. The van der Waals surface area contributed by atoms with Crippen molar-refractivity contribution in [3.63, 3.8) is 0 Å². The summed E-state index contributed by atoms with van der Waals surface area (Å²) in [5.74, 6) is -0.357. The van der Waals surface area contributed by atoms with Gasteiger partial charge in [0.25, 0.3) is 0 Å². The first-order valence-corrected chi connectivity index (χ1v) is 13.8. The molecule has 0 aliphatic heterocycles. The lowest BCUT2D eigenvalue weighted by Crippen LogP contribution is -2.33. The van der Waals surface area contributed by atoms with Crippen molar-refractivity contribution in [2.24, 2.45) is 0 Å². The average molecular weight is 569 g/mol. The van der Waals surface area contributed by atoms with Crippen LogP contribution >= 0.6 is 0 Å². The van der Waals surface area contributed by atoms with E-state index >= 15 is 0 Å². The van der Waals surface area contributed by atoms with Crippen molar-refractivity contribution in [3.8, 4) is 11.5 Å². The first kappa shape index (κ1) is 34.8. The third-order valence-corrected chi connectivity index (χ3v) is 5.19. The van der Waals surface area contributed by atoms with Crippen LogP contribution in [0.2, 0.25) is 0 Å². The van der Waals surface area contributed by atoms with Gasteiger partial charge in [0.2, 0.25) is 0 Å². The van der Waals surface area contributed by atoms with E-state index in [2.05, 4.69) is 10.6 Å². The number of benzene rings is 1. The van der Waals surface area contributed by atoms with Crippen LogP contribution in [0.25, 0.3) is 0 Å². The SMILES string of the molecule is COCc1cc(C(=O)O)c(OCCCCCNC(=O)OC(C)(C)C)cc1OCCCCCNC(=O)OC(C)(C)C. The van der Waals surface area contributed by atoms with Crippen LogP contribution in [0.15, 0.2) is 12.1 Å². The lowest BCUT2D eigenvalue weighted by atomic mass is 10.1. The Bertz CT molecular complexity index is 937. The number of nitrogens with one attached hydrogen (secondary N) is 2. The number of methoxy groups -OCH3 is 1. The Kier molecular flexibility index (Phi) is 15.2. The molecule has 0 radical (unpaired) electrons. The van der Waals surface area contributed by atoms with E-state index in [0.717, 1.165) is 32.1 Å². The van der Waals surface area contributed by atoms with Crippen LogP contribution in [0.1, 0.15) is 96.0 Å². The van der Waals surface area contributed by atoms with Gasteiger partial charge < -0.3 is 39.4 Å². The summed E-state index contributed by atoms with van der Waals surface area (Å²) in [5.41, 5.74) is -0.412. The zero-order valence-electron chi connectivity index (χ0n) is 25.1. The van der Waals surface area contributed by atoms with Crippen LogP contribution in [0, 0.1) is 0 Å². The lowest BCUT2D eigenvalue weighted by molar-refractivity contribution is 0.0515. The molecule has 40 heavy (non-hydrogen) atoms. The minimum atomic E-state index is -1.10. The summed E-state index contributed by atoms with van der Waals surface area (Å²) in [4.78, 5) is 35.3. The normalized spacial score (nSPS) is 11.5. The van der Waals surface area contributed by atoms with Crippen LogP contribution in [0.3, 0.4) is 0 Å². The molecule has 0 aliphatic carbocycles. The number of aromatic carboxylic acids is 1. The summed E-state index contributed by atoms with van der Waals surface area (Å²) in [6.45, 7) is 12.8. The van der Waals surface area contributed by atoms with Gasteiger partial charge in [-0.15, -0.1) is 0 Å². The number of carboxylic acid groups (broad SMARTS) is 1. The fourth-order valence-electron chi connectivity index (χ4n) is 3.48. The van der Waals surface area contributed by atoms with Crippen LogP contribution in [0.5, 0.6) is 11.5 Å². The van der Waals surface area contributed by atoms with E-state index in [1.807, 2.05) is 41.5 Å². The molecule has 0 atom stereocenters. The number of hydrogen-bond donors (Lipinski definition) is 3. The third-order valence-electron chi connectivity index (χ3n) is 5.19. The van der Waals surface area contributed by atoms with Crippen molar-refractivity contribution in [2.45, 2.75) is 97.9 Å². The highest BCUT2D eigenvalue weighted by Gasteiger charge is 2.18. The number of carbonyl (C=O) groups excluding carboxylic acids is 2. The van der Waals surface area contributed by atoms with E-state index in [1.165, 1.54) is 13.2 Å². The molecule has 2 amide bonds. The fraction of sp³-hybridized carbons (Fsp3) is 0.690. The van der Waals surface area contributed by atoms with Gasteiger partial charge in [-0.25, -0.2) is 14.4 Å². The fourth-order valence-corrected chi connectivity index (χ4v) is 3.48. The number of ether oxygens (including phenoxy) is 5. The quantitative estimate of drug-likeness (QED) is 0.202. The second-order valence-corrected chi connectivity index (χ2v) is 11.4. The number of alkyl carbamates (subject to hydrolysis) is 2. The molecule has 1 aromatic rings. The van der Waals surface area contributed by atoms with Gasteiger partial charge in [0, 0.05) is 31.8 Å². The number of unbranched alkanes of at least 4 members (excludes halogenated alkanes) is 4. The van der Waals surface area contributed by atoms with Gasteiger partial charge in [-0.2, -0.15) is 0 Å². The molecule has 11 nitrogen and oxygen atoms in total. The molecule has 0 aromatic heterocycles. The third kappa shape index (κ3) is 16.0. The molecule has 0 unspecified atom stereocenters. The summed E-state index contributed by atoms with van der Waals surface area (Å²) >= 11 is 0. The Morgan fingerprint density at radius 2 is 1.20 bits per heavy atom. The molecule has 0 bridgehead atoms. The first-order valence-electron chi connectivity index (χ1n) is 13.8. The molecular weight excluding hydrogens is 520 g/mol. The van der Waals surface area contributed by atoms with E-state index < -0.39 is 29.4 Å². The molecule has 228 valence electrons. The Labute approximate surface area is 238 Å². The molecule has 0 spiro atoms. The highest BCUT2D eigenvalue weighted by molar-refractivity contribution is 5.91. The van der Waals surface area contributed by atoms with Gasteiger partial charge in [-0.3, -0.25) is 0 Å². The zero-order chi connectivity index (χ0) is 30.2. The number of carbonyl (C=O) groups is 3. The highest BCUT2D eigenvalue weighted by Crippen LogP contribution is 2.31. The van der Waals surface area contributed by atoms with Crippen LogP contribution in [-0.4, -0.2) is 67.9 Å². The van der Waals surface area contributed by atoms with Crippen LogP contribution in [0.4, 0.5) is 9.59 Å². The second-order valence-electron chi connectivity index (χ2n) is 11.4. The Hall–Kier alpha value is -3.21. The van der Waals surface area contributed by atoms with E-state index in [0.29, 0.717) is 44.0 Å². The van der Waals surface area contributed by atoms with Crippen LogP contribution < -0.4 is 20.1 Å². The number of hydrogen-bond acceptors (Lipinski definition) is 8. The maximum absolute atomic E-state index is 11.9. The van der Waals surface area contributed by atoms with E-state index in [1.54, 1.807) is 6.07 Å². The highest BCUT2D eigenvalue weighted by atomic mass is 16.6. The summed E-state index contributed by atoms with van der Waals surface area (Å²) in [6.07, 6.45) is 3.67. The monoisotopic (exact) mass is 568 g/mol. The zero-order valence-corrected chi connectivity index (χ0v) is 25.1. The Morgan fingerprint density at radius 1 is 0.725 bits per heavy atom. The van der Waals surface area contributed by atoms with Gasteiger partial charge in [-0.1, -0.05) is 0 Å². The maximum atomic E-state index is 11.9. The van der Waals surface area contributed by atoms with Gasteiger partial charge in [0.15, 0.2) is 0 Å². The van der Waals surface area contributed by atoms with Crippen molar-refractivity contribution in [2.75, 3.05) is 33.4 Å². The topological polar surface area (TPSA) is 142 Å². The van der Waals surface area contributed by atoms with Crippen molar-refractivity contribution in [1.29, 1.82) is 0 Å². The van der Waals surface area contributed by atoms with Crippen molar-refractivity contribution in [1.82, 2.24) is 10.6 Å². The average Bonchev–Trinajstić information content (AvgIpc) is 2.81. The maximum Gasteiger partial charge on any atom is 0.407 e. The molecule has 1 rings (SSSR count). The molecule has 1 aromatic carbocycles. The summed E-state index contributed by atoms with van der Waals surface area (Å²) in [5, 5.41) is 15.1. The minimum absolute atomic E-state index is 0.0409. The van der Waals surface area contributed by atoms with E-state index in [-0.39, 0.29) is 17.9 Å². The van der Waals surface area contributed by atoms with Gasteiger partial charge >= 0.3 is 18.2 Å². The molecule has 0 saturated heterocycles. The molecule has 0 heterocycles. The van der Waals surface area contributed by atoms with E-state index in [4.69, 9.17) is 23.7 Å². The van der Waals surface area contributed by atoms with Crippen molar-refractivity contribution < 1.29 is 43.2 Å². The molecule has 11 heteroatoms. The van der Waals surface area contributed by atoms with Crippen LogP contribution in [-0.2, 0) is 20.8 Å². The van der Waals surface area contributed by atoms with Gasteiger partial charge in [0.1, 0.15) is 28.3 Å². The predicted octanol–water partition coefficient (Wildman–Crippen LogP) is 5.68. The molecule has 0 saturated carbocycles. The smallest absolute Gasteiger partial charge is 0.407 e. The number of rotatable bonds is 17. The van der Waals surface area contributed by atoms with E-state index in [9.17, 15) is 19.5 Å². The first-order chi connectivity index (χ1) is 18.7. The minimum Gasteiger partial charge on any atom is -0.493 e. The number of amides is 2.